The molecule has 1 amide bonds. The van der Waals surface area contributed by atoms with Gasteiger partial charge in [-0.05, 0) is 13.0 Å². The van der Waals surface area contributed by atoms with Gasteiger partial charge in [0.2, 0.25) is 5.91 Å². The van der Waals surface area contributed by atoms with Crippen LogP contribution in [0.25, 0.3) is 0 Å². The average molecular weight is 176 g/mol. The van der Waals surface area contributed by atoms with Crippen molar-refractivity contribution in [3.8, 4) is 0 Å². The van der Waals surface area contributed by atoms with Gasteiger partial charge >= 0.3 is 0 Å². The van der Waals surface area contributed by atoms with Gasteiger partial charge in [0.25, 0.3) is 0 Å². The molecule has 0 bridgehead atoms. The molecule has 12 heavy (non-hydrogen) atoms. The standard InChI is InChI=1S/C7H16N2O3/c8-7(11)6-12-5-3-9-2-1-4-10/h9-10H,1-6H2,(H2,8,11). The minimum atomic E-state index is -0.453. The Morgan fingerprint density at radius 2 is 2.25 bits per heavy atom. The van der Waals surface area contributed by atoms with Crippen LogP contribution < -0.4 is 11.1 Å². The summed E-state index contributed by atoms with van der Waals surface area (Å²) in [6, 6.07) is 0. The van der Waals surface area contributed by atoms with E-state index < -0.39 is 5.91 Å². The van der Waals surface area contributed by atoms with Crippen LogP contribution in [0.2, 0.25) is 0 Å². The Kier molecular flexibility index (Phi) is 7.99. The summed E-state index contributed by atoms with van der Waals surface area (Å²) in [7, 11) is 0. The zero-order valence-electron chi connectivity index (χ0n) is 7.08. The Morgan fingerprint density at radius 3 is 2.83 bits per heavy atom. The number of aliphatic hydroxyl groups excluding tert-OH is 1. The Bertz CT molecular complexity index is 119. The lowest BCUT2D eigenvalue weighted by molar-refractivity contribution is -0.122. The third-order valence-electron chi connectivity index (χ3n) is 1.18. The molecule has 0 unspecified atom stereocenters. The molecule has 0 spiro atoms. The van der Waals surface area contributed by atoms with Crippen LogP contribution >= 0.6 is 0 Å². The van der Waals surface area contributed by atoms with E-state index in [1.165, 1.54) is 0 Å². The molecule has 0 aromatic rings. The predicted molar refractivity (Wildman–Crippen MR) is 44.6 cm³/mol. The van der Waals surface area contributed by atoms with Crippen LogP contribution in [0.5, 0.6) is 0 Å². The molecule has 72 valence electrons. The van der Waals surface area contributed by atoms with E-state index in [1.807, 2.05) is 0 Å². The van der Waals surface area contributed by atoms with Crippen molar-refractivity contribution in [3.05, 3.63) is 0 Å². The normalized spacial score (nSPS) is 10.1. The first-order valence-electron chi connectivity index (χ1n) is 3.95. The number of rotatable bonds is 8. The zero-order chi connectivity index (χ0) is 9.23. The van der Waals surface area contributed by atoms with Crippen molar-refractivity contribution in [2.75, 3.05) is 32.9 Å². The van der Waals surface area contributed by atoms with Gasteiger partial charge in [-0.15, -0.1) is 0 Å². The van der Waals surface area contributed by atoms with Crippen LogP contribution in [0, 0.1) is 0 Å². The lowest BCUT2D eigenvalue weighted by Crippen LogP contribution is -2.24. The maximum absolute atomic E-state index is 10.2. The topological polar surface area (TPSA) is 84.6 Å². The molecule has 0 rings (SSSR count). The second-order valence-corrected chi connectivity index (χ2v) is 2.35. The number of carbonyl (C=O) groups excluding carboxylic acids is 1. The van der Waals surface area contributed by atoms with Crippen LogP contribution in [0.4, 0.5) is 0 Å². The molecule has 0 aliphatic rings. The summed E-state index contributed by atoms with van der Waals surface area (Å²) >= 11 is 0. The summed E-state index contributed by atoms with van der Waals surface area (Å²) in [6.45, 7) is 2.06. The molecule has 5 heteroatoms. The smallest absolute Gasteiger partial charge is 0.243 e. The average Bonchev–Trinajstić information content (AvgIpc) is 2.02. The Hall–Kier alpha value is -0.650. The molecule has 0 saturated carbocycles. The number of hydrogen-bond acceptors (Lipinski definition) is 4. The Morgan fingerprint density at radius 1 is 1.50 bits per heavy atom. The van der Waals surface area contributed by atoms with Crippen molar-refractivity contribution in [1.29, 1.82) is 0 Å². The molecule has 0 aromatic carbocycles. The fraction of sp³-hybridized carbons (Fsp3) is 0.857. The fourth-order valence-electron chi connectivity index (χ4n) is 0.646. The van der Waals surface area contributed by atoms with Gasteiger partial charge in [0.1, 0.15) is 6.61 Å². The maximum atomic E-state index is 10.2. The first-order chi connectivity index (χ1) is 5.77. The van der Waals surface area contributed by atoms with E-state index >= 15 is 0 Å². The molecule has 0 saturated heterocycles. The zero-order valence-corrected chi connectivity index (χ0v) is 7.08. The fourth-order valence-corrected chi connectivity index (χ4v) is 0.646. The van der Waals surface area contributed by atoms with Gasteiger partial charge in [-0.1, -0.05) is 0 Å². The Balaban J connectivity index is 2.86. The van der Waals surface area contributed by atoms with E-state index in [0.717, 1.165) is 13.0 Å². The number of hydrogen-bond donors (Lipinski definition) is 3. The largest absolute Gasteiger partial charge is 0.396 e. The molecule has 0 heterocycles. The number of nitrogens with one attached hydrogen (secondary N) is 1. The highest BCUT2D eigenvalue weighted by Crippen LogP contribution is 1.74. The molecular weight excluding hydrogens is 160 g/mol. The van der Waals surface area contributed by atoms with Crippen molar-refractivity contribution in [2.45, 2.75) is 6.42 Å². The molecule has 0 radical (unpaired) electrons. The van der Waals surface area contributed by atoms with Gasteiger partial charge in [-0.25, -0.2) is 0 Å². The highest BCUT2D eigenvalue weighted by Gasteiger charge is 1.92. The van der Waals surface area contributed by atoms with E-state index in [2.05, 4.69) is 5.32 Å². The van der Waals surface area contributed by atoms with E-state index in [-0.39, 0.29) is 13.2 Å². The molecular formula is C7H16N2O3. The van der Waals surface area contributed by atoms with Gasteiger partial charge in [-0.3, -0.25) is 4.79 Å². The quantitative estimate of drug-likeness (QED) is 0.391. The third-order valence-corrected chi connectivity index (χ3v) is 1.18. The highest BCUT2D eigenvalue weighted by atomic mass is 16.5. The molecule has 0 fully saturated rings. The van der Waals surface area contributed by atoms with Crippen LogP contribution in [0.15, 0.2) is 0 Å². The van der Waals surface area contributed by atoms with Gasteiger partial charge in [-0.2, -0.15) is 0 Å². The summed E-state index contributed by atoms with van der Waals surface area (Å²) in [4.78, 5) is 10.2. The number of primary amides is 1. The van der Waals surface area contributed by atoms with Gasteiger partial charge in [0, 0.05) is 13.2 Å². The highest BCUT2D eigenvalue weighted by molar-refractivity contribution is 5.74. The van der Waals surface area contributed by atoms with E-state index in [4.69, 9.17) is 15.6 Å². The first kappa shape index (κ1) is 11.4. The number of aliphatic hydroxyl groups is 1. The van der Waals surface area contributed by atoms with E-state index in [0.29, 0.717) is 13.2 Å². The minimum Gasteiger partial charge on any atom is -0.396 e. The molecule has 5 nitrogen and oxygen atoms in total. The van der Waals surface area contributed by atoms with Crippen LogP contribution in [-0.2, 0) is 9.53 Å². The molecule has 0 atom stereocenters. The molecule has 0 aliphatic carbocycles. The van der Waals surface area contributed by atoms with Crippen LogP contribution in [0.1, 0.15) is 6.42 Å². The number of carbonyl (C=O) groups is 1. The predicted octanol–water partition coefficient (Wildman–Crippen LogP) is -1.54. The van der Waals surface area contributed by atoms with Gasteiger partial charge in [0.15, 0.2) is 0 Å². The molecule has 0 aliphatic heterocycles. The SMILES string of the molecule is NC(=O)COCCNCCCO. The molecule has 0 aromatic heterocycles. The summed E-state index contributed by atoms with van der Waals surface area (Å²) in [6.07, 6.45) is 0.732. The minimum absolute atomic E-state index is 0.0261. The summed E-state index contributed by atoms with van der Waals surface area (Å²) < 4.78 is 4.88. The molecule has 4 N–H and O–H groups in total. The number of amides is 1. The van der Waals surface area contributed by atoms with Crippen LogP contribution in [0.3, 0.4) is 0 Å². The second-order valence-electron chi connectivity index (χ2n) is 2.35. The van der Waals surface area contributed by atoms with Crippen LogP contribution in [-0.4, -0.2) is 43.9 Å². The summed E-state index contributed by atoms with van der Waals surface area (Å²) in [5, 5.41) is 11.4. The van der Waals surface area contributed by atoms with E-state index in [9.17, 15) is 4.79 Å². The van der Waals surface area contributed by atoms with Gasteiger partial charge < -0.3 is 20.9 Å². The lowest BCUT2D eigenvalue weighted by atomic mass is 10.4. The Labute approximate surface area is 71.9 Å². The van der Waals surface area contributed by atoms with Crippen molar-refractivity contribution in [1.82, 2.24) is 5.32 Å². The summed E-state index contributed by atoms with van der Waals surface area (Å²) in [5.41, 5.74) is 4.84. The lowest BCUT2D eigenvalue weighted by Gasteiger charge is -2.03. The third kappa shape index (κ3) is 9.35. The van der Waals surface area contributed by atoms with Gasteiger partial charge in [0.05, 0.1) is 6.61 Å². The van der Waals surface area contributed by atoms with Crippen molar-refractivity contribution in [2.24, 2.45) is 5.73 Å². The number of nitrogens with two attached hydrogens (primary N) is 1. The number of ether oxygens (including phenoxy) is 1. The van der Waals surface area contributed by atoms with E-state index in [1.54, 1.807) is 0 Å². The van der Waals surface area contributed by atoms with Crippen molar-refractivity contribution in [3.63, 3.8) is 0 Å². The monoisotopic (exact) mass is 176 g/mol. The second kappa shape index (κ2) is 8.45. The van der Waals surface area contributed by atoms with Crippen molar-refractivity contribution >= 4 is 5.91 Å². The maximum Gasteiger partial charge on any atom is 0.243 e. The summed E-state index contributed by atoms with van der Waals surface area (Å²) in [5.74, 6) is -0.453. The first-order valence-corrected chi connectivity index (χ1v) is 3.95. The van der Waals surface area contributed by atoms with Crippen molar-refractivity contribution < 1.29 is 14.6 Å².